The van der Waals surface area contributed by atoms with Crippen molar-refractivity contribution >= 4 is 49.2 Å². The molecule has 0 aliphatic rings. The van der Waals surface area contributed by atoms with Crippen LogP contribution in [0.2, 0.25) is 10.0 Å². The van der Waals surface area contributed by atoms with Crippen molar-refractivity contribution in [3.05, 3.63) is 134 Å². The molecule has 0 spiro atoms. The number of sulfonamides is 1. The Balaban J connectivity index is 1.68. The third kappa shape index (κ3) is 6.54. The third-order valence-electron chi connectivity index (χ3n) is 5.87. The number of hydrogen-bond donors (Lipinski definition) is 0. The van der Waals surface area contributed by atoms with E-state index in [9.17, 15) is 8.42 Å². The van der Waals surface area contributed by atoms with Crippen molar-refractivity contribution in [2.75, 3.05) is 6.54 Å². The van der Waals surface area contributed by atoms with Crippen molar-refractivity contribution in [3.63, 3.8) is 0 Å². The van der Waals surface area contributed by atoms with Crippen molar-refractivity contribution < 1.29 is 8.42 Å². The molecule has 0 radical (unpaired) electrons. The van der Waals surface area contributed by atoms with E-state index in [1.54, 1.807) is 36.4 Å². The second kappa shape index (κ2) is 11.7. The first-order valence-electron chi connectivity index (χ1n) is 11.1. The van der Waals surface area contributed by atoms with Crippen LogP contribution in [-0.2, 0) is 16.6 Å². The van der Waals surface area contributed by atoms with Gasteiger partial charge < -0.3 is 0 Å². The second-order valence-corrected chi connectivity index (χ2v) is 11.9. The molecule has 0 amide bonds. The Bertz CT molecular complexity index is 1330. The van der Waals surface area contributed by atoms with Gasteiger partial charge in [-0.1, -0.05) is 106 Å². The van der Waals surface area contributed by atoms with Crippen LogP contribution in [0.4, 0.5) is 0 Å². The molecule has 0 atom stereocenters. The summed E-state index contributed by atoms with van der Waals surface area (Å²) in [6.07, 6.45) is 0.616. The van der Waals surface area contributed by atoms with Crippen LogP contribution in [0.1, 0.15) is 29.0 Å². The molecule has 35 heavy (non-hydrogen) atoms. The monoisotopic (exact) mass is 587 g/mol. The average molecular weight is 589 g/mol. The molecule has 4 aromatic rings. The van der Waals surface area contributed by atoms with E-state index >= 15 is 0 Å². The Morgan fingerprint density at radius 2 is 1.31 bits per heavy atom. The molecular weight excluding hydrogens is 565 g/mol. The summed E-state index contributed by atoms with van der Waals surface area (Å²) in [6.45, 7) is 0.513. The van der Waals surface area contributed by atoms with Crippen LogP contribution in [0.15, 0.2) is 112 Å². The molecule has 0 aliphatic carbocycles. The fraction of sp³-hybridized carbons (Fsp3) is 0.143. The van der Waals surface area contributed by atoms with Gasteiger partial charge in [0.15, 0.2) is 0 Å². The highest BCUT2D eigenvalue weighted by atomic mass is 79.9. The molecule has 4 aromatic carbocycles. The van der Waals surface area contributed by atoms with Crippen LogP contribution < -0.4 is 0 Å². The number of nitrogens with zero attached hydrogens (tertiary/aromatic N) is 1. The van der Waals surface area contributed by atoms with Crippen LogP contribution in [-0.4, -0.2) is 19.3 Å². The maximum atomic E-state index is 13.7. The minimum Gasteiger partial charge on any atom is -0.207 e. The van der Waals surface area contributed by atoms with Gasteiger partial charge in [0, 0.05) is 23.5 Å². The zero-order valence-corrected chi connectivity index (χ0v) is 22.7. The molecule has 180 valence electrons. The lowest BCUT2D eigenvalue weighted by atomic mass is 9.88. The van der Waals surface area contributed by atoms with Gasteiger partial charge in [0.05, 0.1) is 14.9 Å². The first-order chi connectivity index (χ1) is 16.8. The molecule has 0 heterocycles. The summed E-state index contributed by atoms with van der Waals surface area (Å²) in [5.74, 6) is 0.0498. The van der Waals surface area contributed by atoms with E-state index in [4.69, 9.17) is 23.2 Å². The fourth-order valence-electron chi connectivity index (χ4n) is 4.05. The Hall–Kier alpha value is -2.15. The molecule has 3 nitrogen and oxygen atoms in total. The summed E-state index contributed by atoms with van der Waals surface area (Å²) >= 11 is 15.7. The van der Waals surface area contributed by atoms with Crippen LogP contribution in [0.25, 0.3) is 0 Å². The second-order valence-electron chi connectivity index (χ2n) is 8.20. The Labute approximate surface area is 225 Å². The van der Waals surface area contributed by atoms with Crippen molar-refractivity contribution in [3.8, 4) is 0 Å². The summed E-state index contributed by atoms with van der Waals surface area (Å²) in [5.41, 5.74) is 3.07. The minimum absolute atomic E-state index is 0.0498. The fourth-order valence-corrected chi connectivity index (χ4v) is 6.08. The molecule has 0 N–H and O–H groups in total. The van der Waals surface area contributed by atoms with E-state index in [1.807, 2.05) is 42.5 Å². The van der Waals surface area contributed by atoms with E-state index in [1.165, 1.54) is 4.31 Å². The summed E-state index contributed by atoms with van der Waals surface area (Å²) in [4.78, 5) is 0.247. The summed E-state index contributed by atoms with van der Waals surface area (Å²) < 4.78 is 29.8. The van der Waals surface area contributed by atoms with E-state index in [-0.39, 0.29) is 17.4 Å². The predicted molar refractivity (Wildman–Crippen MR) is 148 cm³/mol. The zero-order valence-electron chi connectivity index (χ0n) is 18.8. The highest BCUT2D eigenvalue weighted by Crippen LogP contribution is 2.31. The van der Waals surface area contributed by atoms with Gasteiger partial charge >= 0.3 is 0 Å². The summed E-state index contributed by atoms with van der Waals surface area (Å²) in [5, 5.41) is 0.836. The molecular formula is C28H24BrCl2NO2S. The molecule has 0 fully saturated rings. The molecule has 0 saturated heterocycles. The third-order valence-corrected chi connectivity index (χ3v) is 8.99. The van der Waals surface area contributed by atoms with Gasteiger partial charge in [0.1, 0.15) is 0 Å². The molecule has 7 heteroatoms. The van der Waals surface area contributed by atoms with E-state index < -0.39 is 10.0 Å². The molecule has 0 aliphatic heterocycles. The van der Waals surface area contributed by atoms with Gasteiger partial charge in [-0.2, -0.15) is 4.31 Å². The Morgan fingerprint density at radius 1 is 0.743 bits per heavy atom. The van der Waals surface area contributed by atoms with Gasteiger partial charge in [-0.25, -0.2) is 8.42 Å². The maximum absolute atomic E-state index is 13.7. The van der Waals surface area contributed by atoms with Crippen LogP contribution in [0.3, 0.4) is 0 Å². The Kier molecular flexibility index (Phi) is 8.68. The molecule has 4 rings (SSSR count). The largest absolute Gasteiger partial charge is 0.243 e. The predicted octanol–water partition coefficient (Wildman–Crippen LogP) is 8.17. The molecule has 0 saturated carbocycles. The average Bonchev–Trinajstić information content (AvgIpc) is 2.87. The highest BCUT2D eigenvalue weighted by Gasteiger charge is 2.26. The molecule has 0 bridgehead atoms. The van der Waals surface area contributed by atoms with Crippen LogP contribution in [0, 0.1) is 0 Å². The van der Waals surface area contributed by atoms with Crippen molar-refractivity contribution in [2.45, 2.75) is 23.8 Å². The maximum Gasteiger partial charge on any atom is 0.243 e. The lowest BCUT2D eigenvalue weighted by Crippen LogP contribution is -2.32. The molecule has 0 aromatic heterocycles. The van der Waals surface area contributed by atoms with Crippen molar-refractivity contribution in [1.29, 1.82) is 0 Å². The standard InChI is InChI=1S/C28H24BrCl2NO2S/c29-24-12-14-25(15-13-24)35(33,34)32(20-21-11-16-27(30)28(31)19-21)18-17-26(22-7-3-1-4-8-22)23-9-5-2-6-10-23/h1-16,19,26H,17-18,20H2. The minimum atomic E-state index is -3.76. The van der Waals surface area contributed by atoms with Gasteiger partial charge in [-0.05, 0) is 59.5 Å². The van der Waals surface area contributed by atoms with E-state index in [0.29, 0.717) is 23.0 Å². The summed E-state index contributed by atoms with van der Waals surface area (Å²) in [6, 6.07) is 32.3. The van der Waals surface area contributed by atoms with E-state index in [2.05, 4.69) is 40.2 Å². The zero-order chi connectivity index (χ0) is 24.8. The number of halogens is 3. The lowest BCUT2D eigenvalue weighted by molar-refractivity contribution is 0.392. The topological polar surface area (TPSA) is 37.4 Å². The van der Waals surface area contributed by atoms with Gasteiger partial charge in [0.2, 0.25) is 10.0 Å². The lowest BCUT2D eigenvalue weighted by Gasteiger charge is -2.26. The SMILES string of the molecule is O=S(=O)(c1ccc(Br)cc1)N(CCC(c1ccccc1)c1ccccc1)Cc1ccc(Cl)c(Cl)c1. The van der Waals surface area contributed by atoms with Crippen molar-refractivity contribution in [2.24, 2.45) is 0 Å². The smallest absolute Gasteiger partial charge is 0.207 e. The van der Waals surface area contributed by atoms with Gasteiger partial charge in [-0.3, -0.25) is 0 Å². The number of hydrogen-bond acceptors (Lipinski definition) is 2. The van der Waals surface area contributed by atoms with Crippen LogP contribution in [0.5, 0.6) is 0 Å². The Morgan fingerprint density at radius 3 is 1.86 bits per heavy atom. The van der Waals surface area contributed by atoms with Crippen molar-refractivity contribution in [1.82, 2.24) is 4.31 Å². The van der Waals surface area contributed by atoms with Gasteiger partial charge in [-0.15, -0.1) is 0 Å². The molecule has 0 unspecified atom stereocenters. The van der Waals surface area contributed by atoms with Crippen LogP contribution >= 0.6 is 39.1 Å². The van der Waals surface area contributed by atoms with E-state index in [0.717, 1.165) is 21.2 Å². The highest BCUT2D eigenvalue weighted by molar-refractivity contribution is 9.10. The van der Waals surface area contributed by atoms with Gasteiger partial charge in [0.25, 0.3) is 0 Å². The summed E-state index contributed by atoms with van der Waals surface area (Å²) in [7, 11) is -3.76. The first kappa shape index (κ1) is 25.9. The number of benzene rings is 4. The first-order valence-corrected chi connectivity index (χ1v) is 14.1. The normalized spacial score (nSPS) is 11.8. The quantitative estimate of drug-likeness (QED) is 0.198. The number of rotatable bonds is 9.